The Morgan fingerprint density at radius 3 is 2.54 bits per heavy atom. The van der Waals surface area contributed by atoms with Crippen molar-refractivity contribution in [2.24, 2.45) is 0 Å². The second-order valence-electron chi connectivity index (χ2n) is 5.38. The molecule has 24 heavy (non-hydrogen) atoms. The monoisotopic (exact) mass is 434 g/mol. The summed E-state index contributed by atoms with van der Waals surface area (Å²) in [5, 5.41) is 0.999. The van der Waals surface area contributed by atoms with Crippen LogP contribution >= 0.6 is 11.6 Å². The number of rotatable bonds is 2. The summed E-state index contributed by atoms with van der Waals surface area (Å²) in [6.07, 6.45) is 0. The van der Waals surface area contributed by atoms with Crippen LogP contribution in [-0.2, 0) is 50.1 Å². The van der Waals surface area contributed by atoms with Gasteiger partial charge in [0.2, 0.25) is 0 Å². The molecule has 0 atom stereocenters. The van der Waals surface area contributed by atoms with Crippen molar-refractivity contribution >= 4 is 41.1 Å². The van der Waals surface area contributed by atoms with Crippen LogP contribution in [-0.4, -0.2) is 41.3 Å². The first-order valence-corrected chi connectivity index (χ1v) is 8.16. The SMILES string of the molecule is [S-]c1nc2nc(-c3ccc(N4CCOCC4)cc3)c(Cl)cc2[nH]1.[Y]. The van der Waals surface area contributed by atoms with Crippen LogP contribution in [0.25, 0.3) is 22.4 Å². The molecule has 1 radical (unpaired) electrons. The van der Waals surface area contributed by atoms with Crippen LogP contribution in [0.1, 0.15) is 0 Å². The van der Waals surface area contributed by atoms with Crippen LogP contribution < -0.4 is 4.90 Å². The maximum absolute atomic E-state index is 6.36. The summed E-state index contributed by atoms with van der Waals surface area (Å²) in [5.74, 6) is 0. The van der Waals surface area contributed by atoms with E-state index in [2.05, 4.69) is 32.0 Å². The molecule has 1 N–H and O–H groups in total. The van der Waals surface area contributed by atoms with Gasteiger partial charge in [0.25, 0.3) is 0 Å². The van der Waals surface area contributed by atoms with Gasteiger partial charge in [0.05, 0.1) is 29.4 Å². The van der Waals surface area contributed by atoms with Gasteiger partial charge in [-0.3, -0.25) is 0 Å². The summed E-state index contributed by atoms with van der Waals surface area (Å²) in [7, 11) is 0. The van der Waals surface area contributed by atoms with Gasteiger partial charge in [-0.25, -0.2) is 9.97 Å². The van der Waals surface area contributed by atoms with Gasteiger partial charge in [0, 0.05) is 57.0 Å². The molecule has 0 unspecified atom stereocenters. The fourth-order valence-electron chi connectivity index (χ4n) is 2.75. The number of fused-ring (bicyclic) bond motifs is 1. The van der Waals surface area contributed by atoms with Crippen molar-refractivity contribution in [3.05, 3.63) is 35.4 Å². The van der Waals surface area contributed by atoms with Gasteiger partial charge in [-0.05, 0) is 23.4 Å². The molecule has 0 spiro atoms. The first-order valence-electron chi connectivity index (χ1n) is 7.37. The number of ether oxygens (including phenoxy) is 1. The van der Waals surface area contributed by atoms with Crippen molar-refractivity contribution in [2.45, 2.75) is 5.16 Å². The van der Waals surface area contributed by atoms with Crippen molar-refractivity contribution < 1.29 is 37.4 Å². The molecule has 1 saturated heterocycles. The number of anilines is 1. The molecule has 0 bridgehead atoms. The van der Waals surface area contributed by atoms with Gasteiger partial charge < -0.3 is 27.2 Å². The second-order valence-corrected chi connectivity index (χ2v) is 6.17. The van der Waals surface area contributed by atoms with Gasteiger partial charge in [-0.1, -0.05) is 23.7 Å². The molecule has 2 aromatic heterocycles. The zero-order chi connectivity index (χ0) is 15.8. The Kier molecular flexibility index (Phi) is 5.72. The van der Waals surface area contributed by atoms with E-state index in [0.717, 1.165) is 37.4 Å². The first-order chi connectivity index (χ1) is 11.2. The quantitative estimate of drug-likeness (QED) is 0.628. The van der Waals surface area contributed by atoms with E-state index in [9.17, 15) is 0 Å². The van der Waals surface area contributed by atoms with E-state index in [1.165, 1.54) is 5.69 Å². The molecular formula is C16H14ClN4OSY-. The predicted molar refractivity (Wildman–Crippen MR) is 93.0 cm³/mol. The van der Waals surface area contributed by atoms with Crippen molar-refractivity contribution in [2.75, 3.05) is 31.2 Å². The van der Waals surface area contributed by atoms with E-state index in [1.807, 2.05) is 18.2 Å². The van der Waals surface area contributed by atoms with E-state index in [-0.39, 0.29) is 32.7 Å². The largest absolute Gasteiger partial charge is 0.742 e. The number of morpholine rings is 1. The Bertz CT molecular complexity index is 849. The summed E-state index contributed by atoms with van der Waals surface area (Å²) in [6, 6.07) is 10.1. The number of H-pyrrole nitrogens is 1. The molecule has 3 aromatic rings. The molecule has 1 aliphatic heterocycles. The number of nitrogens with zero attached hydrogens (tertiary/aromatic N) is 3. The minimum atomic E-state index is 0. The average Bonchev–Trinajstić information content (AvgIpc) is 2.94. The number of pyridine rings is 1. The van der Waals surface area contributed by atoms with Crippen molar-refractivity contribution in [3.63, 3.8) is 0 Å². The Morgan fingerprint density at radius 2 is 1.83 bits per heavy atom. The molecule has 1 fully saturated rings. The van der Waals surface area contributed by atoms with Gasteiger partial charge in [-0.2, -0.15) is 0 Å². The predicted octanol–water partition coefficient (Wildman–Crippen LogP) is 3.02. The van der Waals surface area contributed by atoms with Crippen LogP contribution in [0.3, 0.4) is 0 Å². The number of hydrogen-bond acceptors (Lipinski definition) is 5. The van der Waals surface area contributed by atoms with Crippen molar-refractivity contribution in [3.8, 4) is 11.3 Å². The molecule has 0 amide bonds. The van der Waals surface area contributed by atoms with E-state index in [1.54, 1.807) is 0 Å². The third kappa shape index (κ3) is 3.58. The van der Waals surface area contributed by atoms with E-state index >= 15 is 0 Å². The molecule has 5 nitrogen and oxygen atoms in total. The topological polar surface area (TPSA) is 54.0 Å². The summed E-state index contributed by atoms with van der Waals surface area (Å²) < 4.78 is 5.39. The van der Waals surface area contributed by atoms with Gasteiger partial charge >= 0.3 is 0 Å². The number of aromatic nitrogens is 3. The minimum Gasteiger partial charge on any atom is -0.742 e. The number of hydrogen-bond donors (Lipinski definition) is 1. The van der Waals surface area contributed by atoms with Crippen LogP contribution in [0.4, 0.5) is 5.69 Å². The van der Waals surface area contributed by atoms with Gasteiger partial charge in [0.15, 0.2) is 5.65 Å². The maximum Gasteiger partial charge on any atom is 0.176 e. The van der Waals surface area contributed by atoms with Gasteiger partial charge in [0.1, 0.15) is 0 Å². The molecule has 121 valence electrons. The van der Waals surface area contributed by atoms with E-state index in [0.29, 0.717) is 21.5 Å². The summed E-state index contributed by atoms with van der Waals surface area (Å²) in [5.41, 5.74) is 4.21. The normalized spacial score (nSPS) is 14.6. The Hall–Kier alpha value is -0.786. The first kappa shape index (κ1) is 18.0. The number of benzene rings is 1. The molecule has 4 rings (SSSR count). The third-order valence-corrected chi connectivity index (χ3v) is 4.40. The zero-order valence-electron chi connectivity index (χ0n) is 12.8. The molecule has 1 aromatic carbocycles. The summed E-state index contributed by atoms with van der Waals surface area (Å²) >= 11 is 11.4. The zero-order valence-corrected chi connectivity index (χ0v) is 17.2. The molecule has 1 aliphatic rings. The summed E-state index contributed by atoms with van der Waals surface area (Å²) in [6.45, 7) is 3.38. The van der Waals surface area contributed by atoms with Crippen LogP contribution in [0.2, 0.25) is 5.02 Å². The molecule has 8 heteroatoms. The van der Waals surface area contributed by atoms with E-state index in [4.69, 9.17) is 29.0 Å². The Balaban J connectivity index is 0.00000169. The van der Waals surface area contributed by atoms with Crippen LogP contribution in [0.15, 0.2) is 35.5 Å². The van der Waals surface area contributed by atoms with E-state index < -0.39 is 0 Å². The number of imidazole rings is 1. The Morgan fingerprint density at radius 1 is 1.12 bits per heavy atom. The van der Waals surface area contributed by atoms with Crippen LogP contribution in [0, 0.1) is 0 Å². The molecule has 0 saturated carbocycles. The second kappa shape index (κ2) is 7.62. The molecule has 3 heterocycles. The Labute approximate surface area is 175 Å². The summed E-state index contributed by atoms with van der Waals surface area (Å²) in [4.78, 5) is 14.0. The maximum atomic E-state index is 6.36. The standard InChI is InChI=1S/C16H15ClN4OS.Y/c17-12-9-13-15(20-16(23)18-13)19-14(12)10-1-3-11(4-2-10)21-5-7-22-8-6-21;/h1-4,9H,5-8H2,(H2,18,19,20,23);/p-1. The number of nitrogens with one attached hydrogen (secondary N) is 1. The minimum absolute atomic E-state index is 0. The fraction of sp³-hybridized carbons (Fsp3) is 0.250. The van der Waals surface area contributed by atoms with Crippen molar-refractivity contribution in [1.29, 1.82) is 0 Å². The molecule has 0 aliphatic carbocycles. The third-order valence-electron chi connectivity index (χ3n) is 3.92. The van der Waals surface area contributed by atoms with Crippen molar-refractivity contribution in [1.82, 2.24) is 15.0 Å². The van der Waals surface area contributed by atoms with Crippen LogP contribution in [0.5, 0.6) is 0 Å². The number of halogens is 1. The number of aromatic amines is 1. The van der Waals surface area contributed by atoms with Gasteiger partial charge in [-0.15, -0.1) is 0 Å². The molecular weight excluding hydrogens is 421 g/mol. The fourth-order valence-corrected chi connectivity index (χ4v) is 3.21. The smallest absolute Gasteiger partial charge is 0.176 e. The average molecular weight is 435 g/mol.